The van der Waals surface area contributed by atoms with Crippen LogP contribution in [0, 0.1) is 0 Å². The number of aliphatic imine (C=N–C) groups is 1. The number of amides is 1. The SMILES string of the molecule is COC(=NCC1CCCO1)NC(=O)c1ccccc1Cl. The molecule has 0 bridgehead atoms. The van der Waals surface area contributed by atoms with Gasteiger partial charge in [0.25, 0.3) is 11.9 Å². The molecule has 1 unspecified atom stereocenters. The van der Waals surface area contributed by atoms with Crippen LogP contribution in [0.1, 0.15) is 23.2 Å². The quantitative estimate of drug-likeness (QED) is 0.687. The van der Waals surface area contributed by atoms with Gasteiger partial charge in [-0.25, -0.2) is 4.99 Å². The van der Waals surface area contributed by atoms with Crippen LogP contribution in [0.25, 0.3) is 0 Å². The molecule has 1 atom stereocenters. The summed E-state index contributed by atoms with van der Waals surface area (Å²) in [5.41, 5.74) is 0.385. The molecule has 1 aliphatic heterocycles. The van der Waals surface area contributed by atoms with E-state index in [0.717, 1.165) is 19.4 Å². The first-order chi connectivity index (χ1) is 9.70. The number of hydrogen-bond donors (Lipinski definition) is 1. The summed E-state index contributed by atoms with van der Waals surface area (Å²) in [6.45, 7) is 1.25. The first-order valence-electron chi connectivity index (χ1n) is 6.46. The number of methoxy groups -OCH3 is 1. The number of halogens is 1. The molecule has 1 aromatic carbocycles. The van der Waals surface area contributed by atoms with E-state index in [0.29, 0.717) is 17.1 Å². The van der Waals surface area contributed by atoms with E-state index in [-0.39, 0.29) is 18.0 Å². The van der Waals surface area contributed by atoms with Gasteiger partial charge in [-0.05, 0) is 25.0 Å². The molecule has 0 aromatic heterocycles. The number of benzene rings is 1. The zero-order valence-electron chi connectivity index (χ0n) is 11.3. The normalized spacial score (nSPS) is 18.9. The molecule has 108 valence electrons. The average Bonchev–Trinajstić information content (AvgIpc) is 2.97. The maximum atomic E-state index is 12.0. The van der Waals surface area contributed by atoms with Crippen molar-refractivity contribution in [1.29, 1.82) is 0 Å². The number of hydrogen-bond acceptors (Lipinski definition) is 4. The molecule has 2 rings (SSSR count). The van der Waals surface area contributed by atoms with Gasteiger partial charge in [0.15, 0.2) is 0 Å². The fraction of sp³-hybridized carbons (Fsp3) is 0.429. The second-order valence-electron chi connectivity index (χ2n) is 4.42. The van der Waals surface area contributed by atoms with Gasteiger partial charge in [-0.3, -0.25) is 10.1 Å². The molecule has 0 radical (unpaired) electrons. The Balaban J connectivity index is 1.97. The molecule has 1 amide bonds. The summed E-state index contributed by atoms with van der Waals surface area (Å²) in [7, 11) is 1.46. The third-order valence-corrected chi connectivity index (χ3v) is 3.32. The minimum Gasteiger partial charge on any atom is -0.468 e. The van der Waals surface area contributed by atoms with Gasteiger partial charge in [-0.2, -0.15) is 0 Å². The summed E-state index contributed by atoms with van der Waals surface area (Å²) < 4.78 is 10.5. The topological polar surface area (TPSA) is 59.9 Å². The summed E-state index contributed by atoms with van der Waals surface area (Å²) >= 11 is 5.96. The number of rotatable bonds is 3. The minimum absolute atomic E-state index is 0.109. The predicted octanol–water partition coefficient (Wildman–Crippen LogP) is 2.25. The van der Waals surface area contributed by atoms with Crippen molar-refractivity contribution < 1.29 is 14.3 Å². The second-order valence-corrected chi connectivity index (χ2v) is 4.83. The maximum absolute atomic E-state index is 12.0. The van der Waals surface area contributed by atoms with Gasteiger partial charge in [0.2, 0.25) is 0 Å². The highest BCUT2D eigenvalue weighted by Gasteiger charge is 2.16. The van der Waals surface area contributed by atoms with Crippen LogP contribution in [0.3, 0.4) is 0 Å². The van der Waals surface area contributed by atoms with E-state index in [1.165, 1.54) is 7.11 Å². The Morgan fingerprint density at radius 3 is 3.00 bits per heavy atom. The Morgan fingerprint density at radius 1 is 1.55 bits per heavy atom. The molecular formula is C14H17ClN2O3. The van der Waals surface area contributed by atoms with Crippen LogP contribution >= 0.6 is 11.6 Å². The Bertz CT molecular complexity index is 499. The van der Waals surface area contributed by atoms with Crippen LogP contribution in [0.15, 0.2) is 29.3 Å². The predicted molar refractivity (Wildman–Crippen MR) is 77.2 cm³/mol. The number of carbonyl (C=O) groups is 1. The highest BCUT2D eigenvalue weighted by Crippen LogP contribution is 2.15. The monoisotopic (exact) mass is 296 g/mol. The van der Waals surface area contributed by atoms with Gasteiger partial charge >= 0.3 is 0 Å². The first kappa shape index (κ1) is 14.8. The van der Waals surface area contributed by atoms with E-state index < -0.39 is 0 Å². The third kappa shape index (κ3) is 3.95. The van der Waals surface area contributed by atoms with Crippen molar-refractivity contribution in [3.63, 3.8) is 0 Å². The molecule has 1 aliphatic rings. The molecular weight excluding hydrogens is 280 g/mol. The summed E-state index contributed by atoms with van der Waals surface area (Å²) in [5, 5.41) is 2.99. The smallest absolute Gasteiger partial charge is 0.291 e. The fourth-order valence-electron chi connectivity index (χ4n) is 1.94. The van der Waals surface area contributed by atoms with E-state index in [9.17, 15) is 4.79 Å². The van der Waals surface area contributed by atoms with Gasteiger partial charge in [0.05, 0.1) is 30.3 Å². The lowest BCUT2D eigenvalue weighted by Crippen LogP contribution is -2.32. The Morgan fingerprint density at radius 2 is 2.35 bits per heavy atom. The standard InChI is InChI=1S/C14H17ClN2O3/c1-19-14(16-9-10-5-4-8-20-10)17-13(18)11-6-2-3-7-12(11)15/h2-3,6-7,10H,4-5,8-9H2,1H3,(H,16,17,18). The number of carbonyl (C=O) groups excluding carboxylic acids is 1. The number of ether oxygens (including phenoxy) is 2. The van der Waals surface area contributed by atoms with E-state index in [1.54, 1.807) is 24.3 Å². The van der Waals surface area contributed by atoms with Crippen molar-refractivity contribution >= 4 is 23.5 Å². The summed E-state index contributed by atoms with van der Waals surface area (Å²) in [6, 6.07) is 6.99. The van der Waals surface area contributed by atoms with Crippen molar-refractivity contribution in [2.24, 2.45) is 4.99 Å². The lowest BCUT2D eigenvalue weighted by Gasteiger charge is -2.10. The average molecular weight is 297 g/mol. The molecule has 6 heteroatoms. The van der Waals surface area contributed by atoms with E-state index >= 15 is 0 Å². The van der Waals surface area contributed by atoms with Gasteiger partial charge < -0.3 is 9.47 Å². The van der Waals surface area contributed by atoms with Crippen molar-refractivity contribution in [3.8, 4) is 0 Å². The lowest BCUT2D eigenvalue weighted by atomic mass is 10.2. The van der Waals surface area contributed by atoms with Crippen LogP contribution < -0.4 is 5.32 Å². The largest absolute Gasteiger partial charge is 0.468 e. The minimum atomic E-state index is -0.344. The van der Waals surface area contributed by atoms with Crippen LogP contribution in [-0.2, 0) is 9.47 Å². The van der Waals surface area contributed by atoms with E-state index in [4.69, 9.17) is 21.1 Å². The van der Waals surface area contributed by atoms with E-state index in [2.05, 4.69) is 10.3 Å². The highest BCUT2D eigenvalue weighted by atomic mass is 35.5. The zero-order chi connectivity index (χ0) is 14.4. The van der Waals surface area contributed by atoms with Gasteiger partial charge in [0, 0.05) is 6.61 Å². The van der Waals surface area contributed by atoms with Crippen molar-refractivity contribution in [3.05, 3.63) is 34.9 Å². The fourth-order valence-corrected chi connectivity index (χ4v) is 2.16. The van der Waals surface area contributed by atoms with Crippen LogP contribution in [0.2, 0.25) is 5.02 Å². The van der Waals surface area contributed by atoms with Gasteiger partial charge in [-0.1, -0.05) is 23.7 Å². The molecule has 1 N–H and O–H groups in total. The zero-order valence-corrected chi connectivity index (χ0v) is 12.0. The molecule has 0 spiro atoms. The molecule has 0 aliphatic carbocycles. The van der Waals surface area contributed by atoms with Crippen LogP contribution in [-0.4, -0.2) is 38.3 Å². The van der Waals surface area contributed by atoms with Gasteiger partial charge in [-0.15, -0.1) is 0 Å². The summed E-state index contributed by atoms with van der Waals surface area (Å²) in [6.07, 6.45) is 2.14. The van der Waals surface area contributed by atoms with Crippen LogP contribution in [0.4, 0.5) is 0 Å². The maximum Gasteiger partial charge on any atom is 0.291 e. The highest BCUT2D eigenvalue weighted by molar-refractivity contribution is 6.34. The number of nitrogens with zero attached hydrogens (tertiary/aromatic N) is 1. The van der Waals surface area contributed by atoms with Crippen molar-refractivity contribution in [2.45, 2.75) is 18.9 Å². The molecule has 20 heavy (non-hydrogen) atoms. The second kappa shape index (κ2) is 7.26. The first-order valence-corrected chi connectivity index (χ1v) is 6.84. The van der Waals surface area contributed by atoms with Crippen LogP contribution in [0.5, 0.6) is 0 Å². The summed E-state index contributed by atoms with van der Waals surface area (Å²) in [5.74, 6) is -0.344. The van der Waals surface area contributed by atoms with E-state index in [1.807, 2.05) is 0 Å². The summed E-state index contributed by atoms with van der Waals surface area (Å²) in [4.78, 5) is 16.3. The molecule has 1 fully saturated rings. The molecule has 1 heterocycles. The Hall–Kier alpha value is -1.59. The number of nitrogens with one attached hydrogen (secondary N) is 1. The lowest BCUT2D eigenvalue weighted by molar-refractivity contribution is 0.0966. The van der Waals surface area contributed by atoms with Crippen molar-refractivity contribution in [1.82, 2.24) is 5.32 Å². The Labute approximate surface area is 122 Å². The molecule has 5 nitrogen and oxygen atoms in total. The third-order valence-electron chi connectivity index (χ3n) is 2.99. The molecule has 0 saturated carbocycles. The van der Waals surface area contributed by atoms with Gasteiger partial charge in [0.1, 0.15) is 0 Å². The number of amidine groups is 1. The molecule has 1 aromatic rings. The Kier molecular flexibility index (Phi) is 5.38. The van der Waals surface area contributed by atoms with Crippen molar-refractivity contribution in [2.75, 3.05) is 20.3 Å². The molecule has 1 saturated heterocycles.